The average Bonchev–Trinajstić information content (AvgIpc) is 2.52. The molecule has 1 atom stereocenters. The molecule has 1 unspecified atom stereocenters. The lowest BCUT2D eigenvalue weighted by Crippen LogP contribution is -2.37. The molecule has 0 aliphatic heterocycles. The minimum Gasteiger partial charge on any atom is -0.207 e. The van der Waals surface area contributed by atoms with E-state index in [2.05, 4.69) is 16.6 Å². The zero-order valence-corrected chi connectivity index (χ0v) is 14.4. The van der Waals surface area contributed by atoms with Crippen LogP contribution in [-0.2, 0) is 10.0 Å². The first-order chi connectivity index (χ1) is 10.9. The highest BCUT2D eigenvalue weighted by Gasteiger charge is 2.20. The van der Waals surface area contributed by atoms with Crippen molar-refractivity contribution in [1.29, 1.82) is 0 Å². The maximum absolute atomic E-state index is 12.5. The van der Waals surface area contributed by atoms with E-state index in [0.29, 0.717) is 0 Å². The number of hydrogen-bond donors (Lipinski definition) is 1. The molecule has 0 radical (unpaired) electrons. The Balaban J connectivity index is 2.23. The fourth-order valence-corrected chi connectivity index (χ4v) is 3.26. The van der Waals surface area contributed by atoms with Gasteiger partial charge in [-0.25, -0.2) is 8.42 Å². The number of nitrogens with one attached hydrogen (secondary N) is 1. The second kappa shape index (κ2) is 7.45. The molecule has 0 aliphatic rings. The van der Waals surface area contributed by atoms with Gasteiger partial charge >= 0.3 is 0 Å². The van der Waals surface area contributed by atoms with E-state index in [1.165, 1.54) is 0 Å². The fourth-order valence-electron chi connectivity index (χ4n) is 1.97. The fraction of sp³-hybridized carbons (Fsp3) is 0.263. The SMILES string of the molecule is Cc1ccc(S(=O)(=O)NC(C#Cc2ccccc2)C(C)C)cc1. The molecule has 2 aromatic carbocycles. The van der Waals surface area contributed by atoms with Gasteiger partial charge in [0.15, 0.2) is 0 Å². The van der Waals surface area contributed by atoms with Gasteiger partial charge in [-0.1, -0.05) is 61.6 Å². The molecule has 3 nitrogen and oxygen atoms in total. The molecular weight excluding hydrogens is 306 g/mol. The summed E-state index contributed by atoms with van der Waals surface area (Å²) >= 11 is 0. The van der Waals surface area contributed by atoms with E-state index < -0.39 is 16.1 Å². The van der Waals surface area contributed by atoms with Gasteiger partial charge < -0.3 is 0 Å². The summed E-state index contributed by atoms with van der Waals surface area (Å²) in [5, 5.41) is 0. The first kappa shape index (κ1) is 17.3. The van der Waals surface area contributed by atoms with Gasteiger partial charge in [0.25, 0.3) is 0 Å². The van der Waals surface area contributed by atoms with Crippen molar-refractivity contribution in [3.63, 3.8) is 0 Å². The van der Waals surface area contributed by atoms with Gasteiger partial charge in [-0.05, 0) is 37.1 Å². The van der Waals surface area contributed by atoms with E-state index in [1.54, 1.807) is 24.3 Å². The summed E-state index contributed by atoms with van der Waals surface area (Å²) in [4.78, 5) is 0.260. The molecule has 0 heterocycles. The highest BCUT2D eigenvalue weighted by Crippen LogP contribution is 2.12. The highest BCUT2D eigenvalue weighted by molar-refractivity contribution is 7.89. The normalized spacial score (nSPS) is 12.5. The summed E-state index contributed by atoms with van der Waals surface area (Å²) in [7, 11) is -3.58. The first-order valence-corrected chi connectivity index (χ1v) is 9.02. The molecule has 4 heteroatoms. The third-order valence-electron chi connectivity index (χ3n) is 3.43. The first-order valence-electron chi connectivity index (χ1n) is 7.54. The summed E-state index contributed by atoms with van der Waals surface area (Å²) in [5.74, 6) is 6.13. The molecule has 0 bridgehead atoms. The van der Waals surface area contributed by atoms with Crippen molar-refractivity contribution in [2.75, 3.05) is 0 Å². The lowest BCUT2D eigenvalue weighted by molar-refractivity contribution is 0.518. The molecule has 23 heavy (non-hydrogen) atoms. The average molecular weight is 327 g/mol. The molecule has 120 valence electrons. The van der Waals surface area contributed by atoms with Crippen LogP contribution in [0, 0.1) is 24.7 Å². The molecule has 0 aliphatic carbocycles. The van der Waals surface area contributed by atoms with Crippen molar-refractivity contribution >= 4 is 10.0 Å². The lowest BCUT2D eigenvalue weighted by Gasteiger charge is -2.17. The second-order valence-corrected chi connectivity index (χ2v) is 7.51. The zero-order valence-electron chi connectivity index (χ0n) is 13.6. The Hall–Kier alpha value is -2.09. The third kappa shape index (κ3) is 4.95. The maximum atomic E-state index is 12.5. The van der Waals surface area contributed by atoms with Crippen LogP contribution in [-0.4, -0.2) is 14.5 Å². The van der Waals surface area contributed by atoms with Gasteiger partial charge in [0, 0.05) is 5.56 Å². The van der Waals surface area contributed by atoms with Crippen LogP contribution in [0.4, 0.5) is 0 Å². The summed E-state index contributed by atoms with van der Waals surface area (Å²) in [5.41, 5.74) is 1.89. The quantitative estimate of drug-likeness (QED) is 0.875. The van der Waals surface area contributed by atoms with E-state index in [1.807, 2.05) is 51.1 Å². The Morgan fingerprint density at radius 2 is 1.57 bits per heavy atom. The third-order valence-corrected chi connectivity index (χ3v) is 4.88. The standard InChI is InChI=1S/C19H21NO2S/c1-15(2)19(14-11-17-7-5-4-6-8-17)20-23(21,22)18-12-9-16(3)10-13-18/h4-10,12-13,15,19-20H,1-3H3. The van der Waals surface area contributed by atoms with Gasteiger partial charge in [-0.15, -0.1) is 0 Å². The second-order valence-electron chi connectivity index (χ2n) is 5.79. The minimum atomic E-state index is -3.58. The molecule has 0 fully saturated rings. The maximum Gasteiger partial charge on any atom is 0.241 e. The van der Waals surface area contributed by atoms with Crippen LogP contribution in [0.25, 0.3) is 0 Å². The molecule has 1 N–H and O–H groups in total. The molecule has 2 rings (SSSR count). The van der Waals surface area contributed by atoms with Gasteiger partial charge in [0.1, 0.15) is 0 Å². The lowest BCUT2D eigenvalue weighted by atomic mass is 10.1. The molecule has 2 aromatic rings. The topological polar surface area (TPSA) is 46.2 Å². The van der Waals surface area contributed by atoms with Gasteiger partial charge in [0.2, 0.25) is 10.0 Å². The number of sulfonamides is 1. The monoisotopic (exact) mass is 327 g/mol. The van der Waals surface area contributed by atoms with E-state index in [0.717, 1.165) is 11.1 Å². The van der Waals surface area contributed by atoms with Gasteiger partial charge in [-0.3, -0.25) is 0 Å². The van der Waals surface area contributed by atoms with Crippen molar-refractivity contribution in [2.24, 2.45) is 5.92 Å². The molecule has 0 saturated carbocycles. The van der Waals surface area contributed by atoms with E-state index in [-0.39, 0.29) is 10.8 Å². The van der Waals surface area contributed by atoms with Crippen LogP contribution in [0.15, 0.2) is 59.5 Å². The number of aryl methyl sites for hydroxylation is 1. The Kier molecular flexibility index (Phi) is 5.59. The van der Waals surface area contributed by atoms with Crippen molar-refractivity contribution in [1.82, 2.24) is 4.72 Å². The van der Waals surface area contributed by atoms with E-state index >= 15 is 0 Å². The van der Waals surface area contributed by atoms with Crippen molar-refractivity contribution < 1.29 is 8.42 Å². The number of rotatable bonds is 4. The Morgan fingerprint density at radius 3 is 2.13 bits per heavy atom. The molecule has 0 aromatic heterocycles. The van der Waals surface area contributed by atoms with Gasteiger partial charge in [0.05, 0.1) is 10.9 Å². The largest absolute Gasteiger partial charge is 0.241 e. The Morgan fingerprint density at radius 1 is 0.957 bits per heavy atom. The predicted molar refractivity (Wildman–Crippen MR) is 93.4 cm³/mol. The number of benzene rings is 2. The summed E-state index contributed by atoms with van der Waals surface area (Å²) in [6.07, 6.45) is 0. The van der Waals surface area contributed by atoms with Gasteiger partial charge in [-0.2, -0.15) is 4.72 Å². The summed E-state index contributed by atoms with van der Waals surface area (Å²) in [6.45, 7) is 5.82. The Bertz CT molecular complexity index is 798. The molecule has 0 spiro atoms. The van der Waals surface area contributed by atoms with Crippen LogP contribution in [0.1, 0.15) is 25.0 Å². The summed E-state index contributed by atoms with van der Waals surface area (Å²) < 4.78 is 27.7. The van der Waals surface area contributed by atoms with Crippen LogP contribution in [0.3, 0.4) is 0 Å². The van der Waals surface area contributed by atoms with Crippen molar-refractivity contribution in [2.45, 2.75) is 31.7 Å². The zero-order chi connectivity index (χ0) is 16.9. The van der Waals surface area contributed by atoms with Crippen molar-refractivity contribution in [3.8, 4) is 11.8 Å². The van der Waals surface area contributed by atoms with Crippen LogP contribution in [0.2, 0.25) is 0 Å². The van der Waals surface area contributed by atoms with Crippen LogP contribution in [0.5, 0.6) is 0 Å². The highest BCUT2D eigenvalue weighted by atomic mass is 32.2. The Labute approximate surface area is 138 Å². The van der Waals surface area contributed by atoms with Crippen LogP contribution < -0.4 is 4.72 Å². The van der Waals surface area contributed by atoms with Crippen LogP contribution >= 0.6 is 0 Å². The van der Waals surface area contributed by atoms with Crippen molar-refractivity contribution in [3.05, 3.63) is 65.7 Å². The predicted octanol–water partition coefficient (Wildman–Crippen LogP) is 3.35. The minimum absolute atomic E-state index is 0.0615. The van der Waals surface area contributed by atoms with E-state index in [9.17, 15) is 8.42 Å². The number of hydrogen-bond acceptors (Lipinski definition) is 2. The smallest absolute Gasteiger partial charge is 0.207 e. The molecular formula is C19H21NO2S. The summed E-state index contributed by atoms with van der Waals surface area (Å²) in [6, 6.07) is 15.9. The van der Waals surface area contributed by atoms with E-state index in [4.69, 9.17) is 0 Å². The molecule has 0 saturated heterocycles. The molecule has 0 amide bonds.